The summed E-state index contributed by atoms with van der Waals surface area (Å²) in [5.74, 6) is 0.0940. The zero-order valence-corrected chi connectivity index (χ0v) is 16.2. The number of nitrogens with zero attached hydrogens (tertiary/aromatic N) is 5. The average Bonchev–Trinajstić information content (AvgIpc) is 3.28. The van der Waals surface area contributed by atoms with Crippen LogP contribution in [0.4, 0.5) is 5.82 Å². The van der Waals surface area contributed by atoms with Gasteiger partial charge in [0.25, 0.3) is 0 Å². The number of anilines is 1. The van der Waals surface area contributed by atoms with E-state index in [0.29, 0.717) is 31.3 Å². The molecule has 0 aliphatic rings. The number of thiophene rings is 1. The largest absolute Gasteiger partial charge is 0.478 e. The molecule has 0 saturated heterocycles. The third-order valence-electron chi connectivity index (χ3n) is 4.07. The van der Waals surface area contributed by atoms with Gasteiger partial charge in [-0.2, -0.15) is 0 Å². The van der Waals surface area contributed by atoms with E-state index in [2.05, 4.69) is 15.2 Å². The molecule has 0 atom stereocenters. The Hall–Kier alpha value is -2.78. The lowest BCUT2D eigenvalue weighted by molar-refractivity contribution is 0.0697. The standard InChI is InChI=1S/C18H21N5O3S/c1-12-4-7-15(27-12)14-6-5-13(18(24)25)17(20-14)22(2)10-16-21-19-11-23(16)8-9-26-3/h4-7,11H,8-10H2,1-3H3,(H,24,25). The van der Waals surface area contributed by atoms with Gasteiger partial charge in [0.1, 0.15) is 17.7 Å². The lowest BCUT2D eigenvalue weighted by atomic mass is 10.2. The maximum absolute atomic E-state index is 11.7. The van der Waals surface area contributed by atoms with Crippen molar-refractivity contribution in [3.63, 3.8) is 0 Å². The van der Waals surface area contributed by atoms with Crippen molar-refractivity contribution in [1.82, 2.24) is 19.7 Å². The number of rotatable bonds is 8. The number of carboxylic acid groups (broad SMARTS) is 1. The van der Waals surface area contributed by atoms with Crippen LogP contribution in [0.5, 0.6) is 0 Å². The second kappa shape index (κ2) is 8.28. The normalized spacial score (nSPS) is 10.9. The molecule has 0 aromatic carbocycles. The van der Waals surface area contributed by atoms with E-state index in [1.165, 1.54) is 4.88 Å². The van der Waals surface area contributed by atoms with Crippen LogP contribution in [0.3, 0.4) is 0 Å². The topological polar surface area (TPSA) is 93.4 Å². The number of methoxy groups -OCH3 is 1. The van der Waals surface area contributed by atoms with E-state index in [9.17, 15) is 9.90 Å². The van der Waals surface area contributed by atoms with Gasteiger partial charge < -0.3 is 19.3 Å². The summed E-state index contributed by atoms with van der Waals surface area (Å²) in [4.78, 5) is 20.3. The van der Waals surface area contributed by atoms with Crippen LogP contribution in [0.15, 0.2) is 30.6 Å². The Labute approximate surface area is 161 Å². The van der Waals surface area contributed by atoms with Gasteiger partial charge >= 0.3 is 5.97 Å². The SMILES string of the molecule is COCCn1cnnc1CN(C)c1nc(-c2ccc(C)s2)ccc1C(=O)O. The highest BCUT2D eigenvalue weighted by atomic mass is 32.1. The summed E-state index contributed by atoms with van der Waals surface area (Å²) in [6.45, 7) is 3.57. The smallest absolute Gasteiger partial charge is 0.339 e. The fourth-order valence-corrected chi connectivity index (χ4v) is 3.52. The van der Waals surface area contributed by atoms with E-state index < -0.39 is 5.97 Å². The second-order valence-electron chi connectivity index (χ2n) is 6.07. The van der Waals surface area contributed by atoms with Crippen LogP contribution in [0, 0.1) is 6.92 Å². The number of pyridine rings is 1. The van der Waals surface area contributed by atoms with E-state index >= 15 is 0 Å². The molecule has 0 unspecified atom stereocenters. The predicted octanol–water partition coefficient (Wildman–Crippen LogP) is 2.69. The quantitative estimate of drug-likeness (QED) is 0.635. The van der Waals surface area contributed by atoms with Gasteiger partial charge in [0.15, 0.2) is 5.82 Å². The summed E-state index contributed by atoms with van der Waals surface area (Å²) < 4.78 is 6.98. The van der Waals surface area contributed by atoms with Crippen LogP contribution in [0.2, 0.25) is 0 Å². The van der Waals surface area contributed by atoms with E-state index in [4.69, 9.17) is 4.74 Å². The molecule has 0 saturated carbocycles. The molecule has 0 bridgehead atoms. The second-order valence-corrected chi connectivity index (χ2v) is 7.36. The first-order chi connectivity index (χ1) is 13.0. The van der Waals surface area contributed by atoms with Gasteiger partial charge in [-0.3, -0.25) is 0 Å². The molecule has 0 aliphatic heterocycles. The number of hydrogen-bond donors (Lipinski definition) is 1. The Kier molecular flexibility index (Phi) is 5.82. The first-order valence-corrected chi connectivity index (χ1v) is 9.19. The third-order valence-corrected chi connectivity index (χ3v) is 5.09. The van der Waals surface area contributed by atoms with E-state index in [-0.39, 0.29) is 5.56 Å². The number of carbonyl (C=O) groups is 1. The number of carboxylic acids is 1. The molecule has 9 heteroatoms. The summed E-state index contributed by atoms with van der Waals surface area (Å²) in [7, 11) is 3.44. The molecule has 0 amide bonds. The van der Waals surface area contributed by atoms with E-state index in [0.717, 1.165) is 10.6 Å². The lowest BCUT2D eigenvalue weighted by Gasteiger charge is -2.20. The van der Waals surface area contributed by atoms with E-state index in [1.54, 1.807) is 48.9 Å². The molecule has 142 valence electrons. The third kappa shape index (κ3) is 4.32. The van der Waals surface area contributed by atoms with Crippen LogP contribution in [0.1, 0.15) is 21.1 Å². The van der Waals surface area contributed by atoms with Crippen molar-refractivity contribution in [2.24, 2.45) is 0 Å². The summed E-state index contributed by atoms with van der Waals surface area (Å²) in [6, 6.07) is 7.36. The molecule has 8 nitrogen and oxygen atoms in total. The first kappa shape index (κ1) is 19.0. The summed E-state index contributed by atoms with van der Waals surface area (Å²) in [5, 5.41) is 17.6. The summed E-state index contributed by atoms with van der Waals surface area (Å²) >= 11 is 1.62. The highest BCUT2D eigenvalue weighted by molar-refractivity contribution is 7.15. The van der Waals surface area contributed by atoms with Crippen molar-refractivity contribution in [3.8, 4) is 10.6 Å². The number of aryl methyl sites for hydroxylation is 1. The summed E-state index contributed by atoms with van der Waals surface area (Å²) in [5.41, 5.74) is 0.901. The Balaban J connectivity index is 1.91. The van der Waals surface area contributed by atoms with Gasteiger partial charge in [-0.15, -0.1) is 21.5 Å². The number of hydrogen-bond acceptors (Lipinski definition) is 7. The monoisotopic (exact) mass is 387 g/mol. The predicted molar refractivity (Wildman–Crippen MR) is 103 cm³/mol. The maximum Gasteiger partial charge on any atom is 0.339 e. The van der Waals surface area contributed by atoms with Crippen LogP contribution in [-0.4, -0.2) is 51.6 Å². The maximum atomic E-state index is 11.7. The fourth-order valence-electron chi connectivity index (χ4n) is 2.68. The van der Waals surface area contributed by atoms with Gasteiger partial charge in [-0.25, -0.2) is 9.78 Å². The van der Waals surface area contributed by atoms with Gasteiger partial charge in [0, 0.05) is 25.6 Å². The zero-order chi connectivity index (χ0) is 19.4. The lowest BCUT2D eigenvalue weighted by Crippen LogP contribution is -2.23. The van der Waals surface area contributed by atoms with Crippen molar-refractivity contribution in [2.75, 3.05) is 25.7 Å². The minimum Gasteiger partial charge on any atom is -0.478 e. The molecule has 3 heterocycles. The van der Waals surface area contributed by atoms with Crippen LogP contribution >= 0.6 is 11.3 Å². The number of aromatic carboxylic acids is 1. The minimum absolute atomic E-state index is 0.150. The molecule has 0 aliphatic carbocycles. The molecule has 0 spiro atoms. The molecule has 27 heavy (non-hydrogen) atoms. The molecule has 0 fully saturated rings. The molecule has 3 rings (SSSR count). The van der Waals surface area contributed by atoms with Crippen molar-refractivity contribution >= 4 is 23.1 Å². The Bertz CT molecular complexity index is 937. The van der Waals surface area contributed by atoms with Gasteiger partial charge in [0.2, 0.25) is 0 Å². The van der Waals surface area contributed by atoms with Gasteiger partial charge in [0.05, 0.1) is 23.7 Å². The fraction of sp³-hybridized carbons (Fsp3) is 0.333. The highest BCUT2D eigenvalue weighted by Gasteiger charge is 2.19. The van der Waals surface area contributed by atoms with Crippen molar-refractivity contribution in [1.29, 1.82) is 0 Å². The Morgan fingerprint density at radius 1 is 1.33 bits per heavy atom. The first-order valence-electron chi connectivity index (χ1n) is 8.37. The molecule has 3 aromatic heterocycles. The van der Waals surface area contributed by atoms with Crippen molar-refractivity contribution < 1.29 is 14.6 Å². The minimum atomic E-state index is -1.01. The van der Waals surface area contributed by atoms with Gasteiger partial charge in [-0.1, -0.05) is 0 Å². The molecule has 0 radical (unpaired) electrons. The van der Waals surface area contributed by atoms with E-state index in [1.807, 2.05) is 23.6 Å². The highest BCUT2D eigenvalue weighted by Crippen LogP contribution is 2.29. The molecular formula is C18H21N5O3S. The zero-order valence-electron chi connectivity index (χ0n) is 15.4. The Morgan fingerprint density at radius 2 is 2.15 bits per heavy atom. The number of aromatic nitrogens is 4. The van der Waals surface area contributed by atoms with Crippen LogP contribution in [0.25, 0.3) is 10.6 Å². The van der Waals surface area contributed by atoms with Gasteiger partial charge in [-0.05, 0) is 31.2 Å². The van der Waals surface area contributed by atoms with Crippen LogP contribution < -0.4 is 4.90 Å². The summed E-state index contributed by atoms with van der Waals surface area (Å²) in [6.07, 6.45) is 1.64. The average molecular weight is 387 g/mol. The number of ether oxygens (including phenoxy) is 1. The van der Waals surface area contributed by atoms with Crippen molar-refractivity contribution in [3.05, 3.63) is 46.9 Å². The molecular weight excluding hydrogens is 366 g/mol. The molecule has 1 N–H and O–H groups in total. The van der Waals surface area contributed by atoms with Crippen LogP contribution in [-0.2, 0) is 17.8 Å². The van der Waals surface area contributed by atoms with Crippen molar-refractivity contribution in [2.45, 2.75) is 20.0 Å². The Morgan fingerprint density at radius 3 is 2.81 bits per heavy atom. The molecule has 3 aromatic rings.